The minimum atomic E-state index is -0.0646. The molecule has 1 spiro atoms. The number of carbonyl (C=O) groups is 1. The fourth-order valence-electron chi connectivity index (χ4n) is 5.28. The Labute approximate surface area is 178 Å². The summed E-state index contributed by atoms with van der Waals surface area (Å²) < 4.78 is 0. The van der Waals surface area contributed by atoms with E-state index in [0.29, 0.717) is 17.3 Å². The SMILES string of the molecule is Cc1ccc(C2N(C3CC3)CC23CCN(C(=O)Nc2cccc(C#N)c2)CC3)cc1. The second-order valence-corrected chi connectivity index (χ2v) is 9.19. The molecule has 2 heterocycles. The average Bonchev–Trinajstić information content (AvgIpc) is 3.59. The molecule has 2 saturated heterocycles. The van der Waals surface area contributed by atoms with Gasteiger partial charge in [-0.15, -0.1) is 0 Å². The van der Waals surface area contributed by atoms with Gasteiger partial charge in [-0.05, 0) is 56.4 Å². The van der Waals surface area contributed by atoms with Crippen molar-refractivity contribution in [3.05, 3.63) is 65.2 Å². The molecule has 2 amide bonds. The number of nitrogens with zero attached hydrogens (tertiary/aromatic N) is 3. The Morgan fingerprint density at radius 1 is 1.13 bits per heavy atom. The van der Waals surface area contributed by atoms with E-state index < -0.39 is 0 Å². The van der Waals surface area contributed by atoms with Gasteiger partial charge in [0, 0.05) is 42.8 Å². The molecular formula is C25H28N4O. The van der Waals surface area contributed by atoms with Gasteiger partial charge in [-0.25, -0.2) is 4.79 Å². The molecule has 1 unspecified atom stereocenters. The summed E-state index contributed by atoms with van der Waals surface area (Å²) in [5.74, 6) is 0. The lowest BCUT2D eigenvalue weighted by Crippen LogP contribution is -2.63. The maximum Gasteiger partial charge on any atom is 0.321 e. The highest BCUT2D eigenvalue weighted by Crippen LogP contribution is 2.58. The molecule has 5 nitrogen and oxygen atoms in total. The van der Waals surface area contributed by atoms with Gasteiger partial charge in [0.05, 0.1) is 11.6 Å². The number of anilines is 1. The van der Waals surface area contributed by atoms with E-state index in [4.69, 9.17) is 5.26 Å². The number of benzene rings is 2. The Morgan fingerprint density at radius 2 is 1.87 bits per heavy atom. The van der Waals surface area contributed by atoms with E-state index in [1.54, 1.807) is 18.2 Å². The number of likely N-dealkylation sites (tertiary alicyclic amines) is 2. The Kier molecular flexibility index (Phi) is 4.75. The van der Waals surface area contributed by atoms with Crippen LogP contribution in [0.1, 0.15) is 48.4 Å². The van der Waals surface area contributed by atoms with Crippen molar-refractivity contribution < 1.29 is 4.79 Å². The van der Waals surface area contributed by atoms with Crippen LogP contribution in [0, 0.1) is 23.7 Å². The summed E-state index contributed by atoms with van der Waals surface area (Å²) in [6.45, 7) is 4.87. The smallest absolute Gasteiger partial charge is 0.321 e. The second kappa shape index (κ2) is 7.45. The van der Waals surface area contributed by atoms with Gasteiger partial charge in [0.1, 0.15) is 0 Å². The molecule has 0 radical (unpaired) electrons. The molecule has 2 aromatic carbocycles. The first-order chi connectivity index (χ1) is 14.6. The molecule has 3 fully saturated rings. The molecule has 3 aliphatic rings. The van der Waals surface area contributed by atoms with Crippen LogP contribution in [0.4, 0.5) is 10.5 Å². The van der Waals surface area contributed by atoms with Crippen LogP contribution in [0.5, 0.6) is 0 Å². The van der Waals surface area contributed by atoms with E-state index in [9.17, 15) is 4.79 Å². The lowest BCUT2D eigenvalue weighted by molar-refractivity contribution is -0.112. The number of nitriles is 1. The fraction of sp³-hybridized carbons (Fsp3) is 0.440. The molecular weight excluding hydrogens is 372 g/mol. The third-order valence-corrected chi connectivity index (χ3v) is 7.11. The number of hydrogen-bond donors (Lipinski definition) is 1. The highest BCUT2D eigenvalue weighted by atomic mass is 16.2. The van der Waals surface area contributed by atoms with Gasteiger partial charge in [0.25, 0.3) is 0 Å². The third-order valence-electron chi connectivity index (χ3n) is 7.11. The Bertz CT molecular complexity index is 981. The first-order valence-corrected chi connectivity index (χ1v) is 11.0. The minimum absolute atomic E-state index is 0.0646. The first-order valence-electron chi connectivity index (χ1n) is 11.0. The molecule has 1 aliphatic carbocycles. The van der Waals surface area contributed by atoms with Gasteiger partial charge in [-0.2, -0.15) is 5.26 Å². The predicted octanol–water partition coefficient (Wildman–Crippen LogP) is 4.70. The van der Waals surface area contributed by atoms with Crippen LogP contribution in [0.3, 0.4) is 0 Å². The Morgan fingerprint density at radius 3 is 2.53 bits per heavy atom. The summed E-state index contributed by atoms with van der Waals surface area (Å²) >= 11 is 0. The van der Waals surface area contributed by atoms with Crippen LogP contribution >= 0.6 is 0 Å². The van der Waals surface area contributed by atoms with Gasteiger partial charge in [0.15, 0.2) is 0 Å². The van der Waals surface area contributed by atoms with Gasteiger partial charge in [-0.1, -0.05) is 35.9 Å². The quantitative estimate of drug-likeness (QED) is 0.812. The fourth-order valence-corrected chi connectivity index (χ4v) is 5.28. The van der Waals surface area contributed by atoms with E-state index in [0.717, 1.165) is 38.5 Å². The standard InChI is InChI=1S/C25H28N4O/c1-18-5-7-20(8-6-18)23-25(17-29(23)22-9-10-22)11-13-28(14-12-25)24(30)27-21-4-2-3-19(15-21)16-26/h2-8,15,22-23H,9-14,17H2,1H3,(H,27,30). The first kappa shape index (κ1) is 19.1. The molecule has 2 aromatic rings. The number of rotatable bonds is 3. The number of nitrogens with one attached hydrogen (secondary N) is 1. The molecule has 0 aromatic heterocycles. The summed E-state index contributed by atoms with van der Waals surface area (Å²) in [6, 6.07) is 19.5. The summed E-state index contributed by atoms with van der Waals surface area (Å²) in [5, 5.41) is 12.0. The lowest BCUT2D eigenvalue weighted by Gasteiger charge is -2.61. The number of carbonyl (C=O) groups excluding carboxylic acids is 1. The number of amides is 2. The van der Waals surface area contributed by atoms with E-state index in [2.05, 4.69) is 47.5 Å². The van der Waals surface area contributed by atoms with E-state index in [1.165, 1.54) is 24.0 Å². The normalized spacial score (nSPS) is 22.9. The maximum absolute atomic E-state index is 12.8. The van der Waals surface area contributed by atoms with Crippen LogP contribution in [0.15, 0.2) is 48.5 Å². The molecule has 0 bridgehead atoms. The van der Waals surface area contributed by atoms with Crippen LogP contribution in [-0.4, -0.2) is 41.5 Å². The van der Waals surface area contributed by atoms with Crippen LogP contribution in [-0.2, 0) is 0 Å². The van der Waals surface area contributed by atoms with E-state index in [1.807, 2.05) is 11.0 Å². The highest BCUT2D eigenvalue weighted by Gasteiger charge is 2.57. The number of urea groups is 1. The molecule has 1 atom stereocenters. The lowest BCUT2D eigenvalue weighted by atomic mass is 9.63. The summed E-state index contributed by atoms with van der Waals surface area (Å²) in [4.78, 5) is 17.4. The Hall–Kier alpha value is -2.84. The molecule has 154 valence electrons. The number of hydrogen-bond acceptors (Lipinski definition) is 3. The maximum atomic E-state index is 12.8. The zero-order valence-corrected chi connectivity index (χ0v) is 17.5. The highest BCUT2D eigenvalue weighted by molar-refractivity contribution is 5.89. The molecule has 2 aliphatic heterocycles. The molecule has 1 N–H and O–H groups in total. The van der Waals surface area contributed by atoms with Gasteiger partial charge in [-0.3, -0.25) is 4.90 Å². The van der Waals surface area contributed by atoms with Crippen molar-refractivity contribution in [2.75, 3.05) is 25.0 Å². The topological polar surface area (TPSA) is 59.4 Å². The molecule has 5 heteroatoms. The van der Waals surface area contributed by atoms with Crippen molar-refractivity contribution in [3.8, 4) is 6.07 Å². The summed E-state index contributed by atoms with van der Waals surface area (Å²) in [7, 11) is 0. The zero-order valence-electron chi connectivity index (χ0n) is 17.5. The van der Waals surface area contributed by atoms with Crippen molar-refractivity contribution >= 4 is 11.7 Å². The van der Waals surface area contributed by atoms with Crippen molar-refractivity contribution in [2.24, 2.45) is 5.41 Å². The predicted molar refractivity (Wildman–Crippen MR) is 117 cm³/mol. The molecule has 1 saturated carbocycles. The number of piperidine rings is 1. The van der Waals surface area contributed by atoms with E-state index >= 15 is 0 Å². The van der Waals surface area contributed by atoms with Gasteiger partial charge < -0.3 is 10.2 Å². The van der Waals surface area contributed by atoms with Crippen LogP contribution < -0.4 is 5.32 Å². The monoisotopic (exact) mass is 400 g/mol. The largest absolute Gasteiger partial charge is 0.324 e. The Balaban J connectivity index is 1.26. The van der Waals surface area contributed by atoms with E-state index in [-0.39, 0.29) is 11.4 Å². The molecule has 30 heavy (non-hydrogen) atoms. The second-order valence-electron chi connectivity index (χ2n) is 9.19. The number of aryl methyl sites for hydroxylation is 1. The van der Waals surface area contributed by atoms with Crippen LogP contribution in [0.2, 0.25) is 0 Å². The van der Waals surface area contributed by atoms with Gasteiger partial charge >= 0.3 is 6.03 Å². The van der Waals surface area contributed by atoms with Crippen molar-refractivity contribution in [2.45, 2.75) is 44.7 Å². The van der Waals surface area contributed by atoms with Crippen LogP contribution in [0.25, 0.3) is 0 Å². The van der Waals surface area contributed by atoms with Crippen molar-refractivity contribution in [1.82, 2.24) is 9.80 Å². The summed E-state index contributed by atoms with van der Waals surface area (Å²) in [5.41, 5.74) is 4.26. The minimum Gasteiger partial charge on any atom is -0.324 e. The zero-order chi connectivity index (χ0) is 20.7. The summed E-state index contributed by atoms with van der Waals surface area (Å²) in [6.07, 6.45) is 4.74. The average molecular weight is 401 g/mol. The van der Waals surface area contributed by atoms with Gasteiger partial charge in [0.2, 0.25) is 0 Å². The third kappa shape index (κ3) is 3.46. The van der Waals surface area contributed by atoms with Crippen molar-refractivity contribution in [3.63, 3.8) is 0 Å². The molecule has 5 rings (SSSR count). The van der Waals surface area contributed by atoms with Crippen molar-refractivity contribution in [1.29, 1.82) is 5.26 Å².